The molecule has 3 rings (SSSR count). The third-order valence-electron chi connectivity index (χ3n) is 5.07. The van der Waals surface area contributed by atoms with Gasteiger partial charge in [0.05, 0.1) is 19.2 Å². The minimum atomic E-state index is -0.452. The van der Waals surface area contributed by atoms with Gasteiger partial charge in [0.2, 0.25) is 0 Å². The Bertz CT molecular complexity index is 607. The van der Waals surface area contributed by atoms with E-state index in [1.807, 2.05) is 23.2 Å². The number of rotatable bonds is 6. The minimum absolute atomic E-state index is 0.158. The molecule has 0 aliphatic carbocycles. The Morgan fingerprint density at radius 2 is 2.29 bits per heavy atom. The van der Waals surface area contributed by atoms with Gasteiger partial charge in [0.25, 0.3) is 0 Å². The van der Waals surface area contributed by atoms with Crippen molar-refractivity contribution in [2.75, 3.05) is 13.3 Å². The summed E-state index contributed by atoms with van der Waals surface area (Å²) in [4.78, 5) is 14.5. The van der Waals surface area contributed by atoms with E-state index in [0.717, 1.165) is 24.8 Å². The van der Waals surface area contributed by atoms with Gasteiger partial charge in [0, 0.05) is 24.4 Å². The van der Waals surface area contributed by atoms with E-state index in [1.54, 1.807) is 0 Å². The maximum absolute atomic E-state index is 12.6. The number of hydrogen-bond donors (Lipinski definition) is 1. The molecule has 24 heavy (non-hydrogen) atoms. The van der Waals surface area contributed by atoms with Crippen LogP contribution in [0.25, 0.3) is 6.08 Å². The van der Waals surface area contributed by atoms with Crippen LogP contribution in [0.15, 0.2) is 29.3 Å². The Kier molecular flexibility index (Phi) is 6.06. The van der Waals surface area contributed by atoms with Crippen LogP contribution >= 0.6 is 15.9 Å². The van der Waals surface area contributed by atoms with Crippen molar-refractivity contribution in [1.82, 2.24) is 5.32 Å². The number of carbonyl (C=O) groups excluding carboxylic acids is 1. The summed E-state index contributed by atoms with van der Waals surface area (Å²) in [6.45, 7) is -0.285. The van der Waals surface area contributed by atoms with Crippen molar-refractivity contribution in [1.29, 1.82) is 0 Å². The maximum atomic E-state index is 12.6. The second-order valence-corrected chi connectivity index (χ2v) is 7.12. The standard InChI is InChI=1S/C19H23BrFNO2/c20-8-7-13-3-1-4-14(11-13)16-12-15-5-6-17(22-15)18(16)19(23)24-10-2-9-21/h1,3-4,7-8,11,15-18,22H,2,5-6,9-10,12H2/b8-7-/t15-,16+,17+,18-/m0/s1. The molecule has 0 amide bonds. The number of nitrogens with one attached hydrogen (secondary N) is 1. The summed E-state index contributed by atoms with van der Waals surface area (Å²) in [7, 11) is 0. The molecule has 0 spiro atoms. The molecule has 3 nitrogen and oxygen atoms in total. The van der Waals surface area contributed by atoms with Gasteiger partial charge in [-0.3, -0.25) is 9.18 Å². The molecule has 0 unspecified atom stereocenters. The third kappa shape index (κ3) is 3.89. The zero-order chi connectivity index (χ0) is 16.9. The quantitative estimate of drug-likeness (QED) is 0.579. The summed E-state index contributed by atoms with van der Waals surface area (Å²) in [6, 6.07) is 8.98. The van der Waals surface area contributed by atoms with Gasteiger partial charge in [0.15, 0.2) is 0 Å². The highest BCUT2D eigenvalue weighted by atomic mass is 79.9. The molecule has 0 saturated carbocycles. The van der Waals surface area contributed by atoms with Gasteiger partial charge in [-0.25, -0.2) is 0 Å². The summed E-state index contributed by atoms with van der Waals surface area (Å²) in [6.07, 6.45) is 5.32. The highest BCUT2D eigenvalue weighted by Crippen LogP contribution is 2.42. The number of piperidine rings is 1. The molecular weight excluding hydrogens is 373 g/mol. The summed E-state index contributed by atoms with van der Waals surface area (Å²) < 4.78 is 17.6. The van der Waals surface area contributed by atoms with Crippen LogP contribution in [0.4, 0.5) is 4.39 Å². The molecule has 1 aromatic rings. The van der Waals surface area contributed by atoms with Crippen LogP contribution in [0.2, 0.25) is 0 Å². The molecule has 2 aliphatic heterocycles. The lowest BCUT2D eigenvalue weighted by Crippen LogP contribution is -2.48. The van der Waals surface area contributed by atoms with Gasteiger partial charge in [-0.2, -0.15) is 0 Å². The highest BCUT2D eigenvalue weighted by molar-refractivity contribution is 9.11. The number of fused-ring (bicyclic) bond motifs is 2. The predicted molar refractivity (Wildman–Crippen MR) is 96.7 cm³/mol. The van der Waals surface area contributed by atoms with E-state index in [-0.39, 0.29) is 36.9 Å². The second-order valence-electron chi connectivity index (χ2n) is 6.59. The van der Waals surface area contributed by atoms with E-state index in [0.29, 0.717) is 6.04 Å². The fourth-order valence-electron chi connectivity index (χ4n) is 4.01. The van der Waals surface area contributed by atoms with Gasteiger partial charge < -0.3 is 10.1 Å². The van der Waals surface area contributed by atoms with E-state index < -0.39 is 6.67 Å². The largest absolute Gasteiger partial charge is 0.465 e. The monoisotopic (exact) mass is 395 g/mol. The number of hydrogen-bond acceptors (Lipinski definition) is 3. The van der Waals surface area contributed by atoms with E-state index in [2.05, 4.69) is 33.4 Å². The lowest BCUT2D eigenvalue weighted by Gasteiger charge is -2.36. The van der Waals surface area contributed by atoms with Gasteiger partial charge in [-0.1, -0.05) is 40.2 Å². The van der Waals surface area contributed by atoms with Crippen molar-refractivity contribution in [2.45, 2.75) is 43.7 Å². The molecule has 4 atom stereocenters. The van der Waals surface area contributed by atoms with E-state index in [9.17, 15) is 9.18 Å². The first-order valence-electron chi connectivity index (χ1n) is 8.58. The highest BCUT2D eigenvalue weighted by Gasteiger charge is 2.46. The summed E-state index contributed by atoms with van der Waals surface area (Å²) in [5.74, 6) is -0.218. The lowest BCUT2D eigenvalue weighted by molar-refractivity contribution is -0.151. The molecule has 1 N–H and O–H groups in total. The average molecular weight is 396 g/mol. The first-order chi connectivity index (χ1) is 11.7. The molecular formula is C19H23BrFNO2. The Morgan fingerprint density at radius 3 is 3.08 bits per heavy atom. The topological polar surface area (TPSA) is 38.3 Å². The Hall–Kier alpha value is -1.20. The van der Waals surface area contributed by atoms with Gasteiger partial charge in [-0.15, -0.1) is 0 Å². The van der Waals surface area contributed by atoms with Crippen LogP contribution in [-0.4, -0.2) is 31.3 Å². The van der Waals surface area contributed by atoms with E-state index in [4.69, 9.17) is 4.74 Å². The predicted octanol–water partition coefficient (Wildman–Crippen LogP) is 4.18. The Balaban J connectivity index is 1.83. The van der Waals surface area contributed by atoms with Crippen molar-refractivity contribution >= 4 is 28.0 Å². The van der Waals surface area contributed by atoms with Crippen molar-refractivity contribution in [3.05, 3.63) is 40.4 Å². The third-order valence-corrected chi connectivity index (χ3v) is 5.33. The first kappa shape index (κ1) is 17.6. The fourth-order valence-corrected chi connectivity index (χ4v) is 4.32. The number of benzene rings is 1. The van der Waals surface area contributed by atoms with Gasteiger partial charge in [-0.05, 0) is 41.5 Å². The second kappa shape index (κ2) is 8.26. The van der Waals surface area contributed by atoms with Crippen LogP contribution in [0.5, 0.6) is 0 Å². The summed E-state index contributed by atoms with van der Waals surface area (Å²) in [5, 5.41) is 3.55. The lowest BCUT2D eigenvalue weighted by atomic mass is 9.76. The number of esters is 1. The van der Waals surface area contributed by atoms with E-state index >= 15 is 0 Å². The zero-order valence-electron chi connectivity index (χ0n) is 13.6. The fraction of sp³-hybridized carbons (Fsp3) is 0.526. The molecule has 2 bridgehead atoms. The smallest absolute Gasteiger partial charge is 0.311 e. The molecule has 0 radical (unpaired) electrons. The molecule has 2 fully saturated rings. The molecule has 130 valence electrons. The van der Waals surface area contributed by atoms with Crippen LogP contribution < -0.4 is 5.32 Å². The number of halogens is 2. The SMILES string of the molecule is O=C(OCCCF)[C@H]1[C@@H](c2cccc(/C=C\Br)c2)C[C@@H]2CC[C@H]1N2. The van der Waals surface area contributed by atoms with Crippen molar-refractivity contribution in [3.8, 4) is 0 Å². The first-order valence-corrected chi connectivity index (χ1v) is 9.50. The van der Waals surface area contributed by atoms with Crippen LogP contribution in [-0.2, 0) is 9.53 Å². The summed E-state index contributed by atoms with van der Waals surface area (Å²) >= 11 is 3.31. The minimum Gasteiger partial charge on any atom is -0.465 e. The van der Waals surface area contributed by atoms with Crippen molar-refractivity contribution in [3.63, 3.8) is 0 Å². The molecule has 0 aromatic heterocycles. The maximum Gasteiger partial charge on any atom is 0.311 e. The van der Waals surface area contributed by atoms with Crippen molar-refractivity contribution < 1.29 is 13.9 Å². The normalized spacial score (nSPS) is 29.1. The molecule has 2 heterocycles. The van der Waals surface area contributed by atoms with E-state index in [1.165, 1.54) is 5.56 Å². The Morgan fingerprint density at radius 1 is 1.42 bits per heavy atom. The number of alkyl halides is 1. The van der Waals surface area contributed by atoms with Gasteiger partial charge >= 0.3 is 5.97 Å². The van der Waals surface area contributed by atoms with Crippen molar-refractivity contribution in [2.24, 2.45) is 5.92 Å². The zero-order valence-corrected chi connectivity index (χ0v) is 15.2. The van der Waals surface area contributed by atoms with Gasteiger partial charge in [0.1, 0.15) is 0 Å². The van der Waals surface area contributed by atoms with Crippen LogP contribution in [0.3, 0.4) is 0 Å². The molecule has 2 aliphatic rings. The molecule has 5 heteroatoms. The Labute approximate surface area is 150 Å². The number of ether oxygens (including phenoxy) is 1. The molecule has 1 aromatic carbocycles. The van der Waals surface area contributed by atoms with Crippen LogP contribution in [0.1, 0.15) is 42.7 Å². The summed E-state index contributed by atoms with van der Waals surface area (Å²) in [5.41, 5.74) is 2.30. The average Bonchev–Trinajstić information content (AvgIpc) is 2.96. The molecule has 2 saturated heterocycles. The number of carbonyl (C=O) groups is 1. The van der Waals surface area contributed by atoms with Crippen LogP contribution in [0, 0.1) is 5.92 Å².